The average Bonchev–Trinajstić information content (AvgIpc) is 3.13. The number of amides is 1. The second kappa shape index (κ2) is 8.26. The molecule has 0 aliphatic carbocycles. The van der Waals surface area contributed by atoms with E-state index < -0.39 is 26.5 Å². The van der Waals surface area contributed by atoms with E-state index in [1.54, 1.807) is 0 Å². The van der Waals surface area contributed by atoms with Crippen molar-refractivity contribution >= 4 is 21.6 Å². The third kappa shape index (κ3) is 4.67. The van der Waals surface area contributed by atoms with Crippen molar-refractivity contribution < 1.29 is 22.9 Å². The Morgan fingerprint density at radius 1 is 1.36 bits per heavy atom. The van der Waals surface area contributed by atoms with Crippen molar-refractivity contribution in [3.05, 3.63) is 28.3 Å². The minimum Gasteiger partial charge on any atom is -0.477 e. The molecule has 25 heavy (non-hydrogen) atoms. The molecule has 1 N–H and O–H groups in total. The van der Waals surface area contributed by atoms with Gasteiger partial charge in [0.2, 0.25) is 10.0 Å². The molecule has 0 aromatic heterocycles. The van der Waals surface area contributed by atoms with Gasteiger partial charge in [-0.15, -0.1) is 0 Å². The van der Waals surface area contributed by atoms with Gasteiger partial charge in [0.05, 0.1) is 9.82 Å². The number of rotatable bonds is 8. The van der Waals surface area contributed by atoms with Gasteiger partial charge in [-0.05, 0) is 31.4 Å². The molecule has 10 heteroatoms. The third-order valence-corrected chi connectivity index (χ3v) is 5.66. The first-order chi connectivity index (χ1) is 11.9. The zero-order valence-electron chi connectivity index (χ0n) is 13.9. The summed E-state index contributed by atoms with van der Waals surface area (Å²) in [4.78, 5) is 21.9. The molecule has 1 heterocycles. The maximum absolute atomic E-state index is 12.5. The SMILES string of the molecule is CCCNC(=O)COc1ccc(S(=O)(=O)N2CCCC2)cc1[N+](=O)[O-]. The minimum atomic E-state index is -3.76. The summed E-state index contributed by atoms with van der Waals surface area (Å²) in [5.74, 6) is -0.540. The van der Waals surface area contributed by atoms with Crippen LogP contribution in [0, 0.1) is 10.1 Å². The van der Waals surface area contributed by atoms with Crippen molar-refractivity contribution in [2.75, 3.05) is 26.2 Å². The number of nitro benzene ring substituents is 1. The van der Waals surface area contributed by atoms with Crippen LogP contribution in [0.3, 0.4) is 0 Å². The largest absolute Gasteiger partial charge is 0.477 e. The highest BCUT2D eigenvalue weighted by Gasteiger charge is 2.29. The monoisotopic (exact) mass is 371 g/mol. The number of hydrogen-bond donors (Lipinski definition) is 1. The Balaban J connectivity index is 2.20. The average molecular weight is 371 g/mol. The lowest BCUT2D eigenvalue weighted by Crippen LogP contribution is -2.29. The standard InChI is InChI=1S/C15H21N3O6S/c1-2-7-16-15(19)11-24-14-6-5-12(10-13(14)18(20)21)25(22,23)17-8-3-4-9-17/h5-6,10H,2-4,7-9,11H2,1H3,(H,16,19). The summed E-state index contributed by atoms with van der Waals surface area (Å²) in [6.45, 7) is 2.82. The number of benzene rings is 1. The highest BCUT2D eigenvalue weighted by molar-refractivity contribution is 7.89. The minimum absolute atomic E-state index is 0.142. The van der Waals surface area contributed by atoms with Crippen molar-refractivity contribution in [2.45, 2.75) is 31.1 Å². The summed E-state index contributed by atoms with van der Waals surface area (Å²) in [5, 5.41) is 13.8. The zero-order chi connectivity index (χ0) is 18.4. The molecular formula is C15H21N3O6S. The van der Waals surface area contributed by atoms with E-state index in [1.165, 1.54) is 16.4 Å². The lowest BCUT2D eigenvalue weighted by atomic mass is 10.3. The summed E-state index contributed by atoms with van der Waals surface area (Å²) in [7, 11) is -3.76. The van der Waals surface area contributed by atoms with Gasteiger partial charge in [-0.25, -0.2) is 8.42 Å². The van der Waals surface area contributed by atoms with E-state index in [1.807, 2.05) is 6.92 Å². The number of ether oxygens (including phenoxy) is 1. The van der Waals surface area contributed by atoms with Gasteiger partial charge < -0.3 is 10.1 Å². The summed E-state index contributed by atoms with van der Waals surface area (Å²) in [6.07, 6.45) is 2.31. The maximum atomic E-state index is 12.5. The van der Waals surface area contributed by atoms with Gasteiger partial charge in [-0.3, -0.25) is 14.9 Å². The molecule has 0 spiro atoms. The second-order valence-corrected chi connectivity index (χ2v) is 7.57. The Morgan fingerprint density at radius 2 is 2.04 bits per heavy atom. The van der Waals surface area contributed by atoms with Crippen LogP contribution in [-0.4, -0.2) is 49.8 Å². The van der Waals surface area contributed by atoms with Crippen LogP contribution in [0.15, 0.2) is 23.1 Å². The van der Waals surface area contributed by atoms with Gasteiger partial charge in [0, 0.05) is 25.7 Å². The van der Waals surface area contributed by atoms with Crippen LogP contribution in [0.5, 0.6) is 5.75 Å². The van der Waals surface area contributed by atoms with Crippen LogP contribution in [0.4, 0.5) is 5.69 Å². The molecule has 0 saturated carbocycles. The fourth-order valence-corrected chi connectivity index (χ4v) is 4.00. The van der Waals surface area contributed by atoms with E-state index >= 15 is 0 Å². The number of carbonyl (C=O) groups is 1. The molecule has 0 radical (unpaired) electrons. The van der Waals surface area contributed by atoms with Gasteiger partial charge in [0.25, 0.3) is 5.91 Å². The summed E-state index contributed by atoms with van der Waals surface area (Å²) in [5.41, 5.74) is -0.483. The molecule has 1 aliphatic rings. The van der Waals surface area contributed by atoms with E-state index in [-0.39, 0.29) is 17.3 Å². The predicted molar refractivity (Wildman–Crippen MR) is 89.9 cm³/mol. The molecular weight excluding hydrogens is 350 g/mol. The third-order valence-electron chi connectivity index (χ3n) is 3.76. The van der Waals surface area contributed by atoms with Crippen molar-refractivity contribution in [1.29, 1.82) is 0 Å². The van der Waals surface area contributed by atoms with E-state index in [2.05, 4.69) is 5.32 Å². The number of nitrogens with one attached hydrogen (secondary N) is 1. The normalized spacial score (nSPS) is 15.1. The molecule has 1 saturated heterocycles. The van der Waals surface area contributed by atoms with Gasteiger partial charge in [0.15, 0.2) is 12.4 Å². The Hall–Kier alpha value is -2.20. The topological polar surface area (TPSA) is 119 Å². The van der Waals surface area contributed by atoms with Crippen molar-refractivity contribution in [2.24, 2.45) is 0 Å². The first-order valence-electron chi connectivity index (χ1n) is 8.04. The lowest BCUT2D eigenvalue weighted by Gasteiger charge is -2.15. The first kappa shape index (κ1) is 19.1. The molecule has 0 atom stereocenters. The van der Waals surface area contributed by atoms with Crippen LogP contribution < -0.4 is 10.1 Å². The summed E-state index contributed by atoms with van der Waals surface area (Å²) < 4.78 is 31.5. The van der Waals surface area contributed by atoms with Crippen LogP contribution in [0.1, 0.15) is 26.2 Å². The molecule has 138 valence electrons. The number of sulfonamides is 1. The molecule has 0 unspecified atom stereocenters. The molecule has 9 nitrogen and oxygen atoms in total. The molecule has 0 bridgehead atoms. The Morgan fingerprint density at radius 3 is 2.64 bits per heavy atom. The summed E-state index contributed by atoms with van der Waals surface area (Å²) in [6, 6.07) is 3.46. The quantitative estimate of drug-likeness (QED) is 0.543. The van der Waals surface area contributed by atoms with Crippen LogP contribution in [0.25, 0.3) is 0 Å². The Labute approximate surface area is 146 Å². The molecule has 1 aliphatic heterocycles. The molecule has 1 amide bonds. The Kier molecular flexibility index (Phi) is 6.32. The van der Waals surface area contributed by atoms with Crippen LogP contribution in [-0.2, 0) is 14.8 Å². The van der Waals surface area contributed by atoms with E-state index in [4.69, 9.17) is 4.74 Å². The molecule has 1 aromatic carbocycles. The van der Waals surface area contributed by atoms with Gasteiger partial charge in [-0.2, -0.15) is 4.31 Å². The van der Waals surface area contributed by atoms with E-state index in [0.717, 1.165) is 25.3 Å². The van der Waals surface area contributed by atoms with Crippen molar-refractivity contribution in [3.8, 4) is 5.75 Å². The number of nitro groups is 1. The molecule has 1 aromatic rings. The first-order valence-corrected chi connectivity index (χ1v) is 9.48. The fraction of sp³-hybridized carbons (Fsp3) is 0.533. The lowest BCUT2D eigenvalue weighted by molar-refractivity contribution is -0.386. The molecule has 2 rings (SSSR count). The number of hydrogen-bond acceptors (Lipinski definition) is 6. The summed E-state index contributed by atoms with van der Waals surface area (Å²) >= 11 is 0. The Bertz CT molecular complexity index is 744. The van der Waals surface area contributed by atoms with Crippen LogP contribution in [0.2, 0.25) is 0 Å². The zero-order valence-corrected chi connectivity index (χ0v) is 14.8. The number of nitrogens with zero attached hydrogens (tertiary/aromatic N) is 2. The van der Waals surface area contributed by atoms with E-state index in [9.17, 15) is 23.3 Å². The maximum Gasteiger partial charge on any atom is 0.312 e. The smallest absolute Gasteiger partial charge is 0.312 e. The van der Waals surface area contributed by atoms with Crippen LogP contribution >= 0.6 is 0 Å². The molecule has 1 fully saturated rings. The van der Waals surface area contributed by atoms with Crippen molar-refractivity contribution in [3.63, 3.8) is 0 Å². The highest BCUT2D eigenvalue weighted by Crippen LogP contribution is 2.31. The van der Waals surface area contributed by atoms with Crippen molar-refractivity contribution in [1.82, 2.24) is 9.62 Å². The van der Waals surface area contributed by atoms with E-state index in [0.29, 0.717) is 19.6 Å². The number of carbonyl (C=O) groups excluding carboxylic acids is 1. The van der Waals surface area contributed by atoms with Gasteiger partial charge >= 0.3 is 5.69 Å². The van der Waals surface area contributed by atoms with Gasteiger partial charge in [-0.1, -0.05) is 6.92 Å². The highest BCUT2D eigenvalue weighted by atomic mass is 32.2. The fourth-order valence-electron chi connectivity index (χ4n) is 2.46. The predicted octanol–water partition coefficient (Wildman–Crippen LogP) is 1.28. The second-order valence-electron chi connectivity index (χ2n) is 5.64. The van der Waals surface area contributed by atoms with Gasteiger partial charge in [0.1, 0.15) is 0 Å².